The number of hydrogen-bond acceptors (Lipinski definition) is 3. The molecule has 0 bridgehead atoms. The van der Waals surface area contributed by atoms with Gasteiger partial charge < -0.3 is 15.7 Å². The van der Waals surface area contributed by atoms with Crippen LogP contribution in [-0.2, 0) is 4.79 Å². The van der Waals surface area contributed by atoms with Crippen molar-refractivity contribution in [1.82, 2.24) is 10.6 Å². The Labute approximate surface area is 103 Å². The summed E-state index contributed by atoms with van der Waals surface area (Å²) in [6.07, 6.45) is 5.85. The van der Waals surface area contributed by atoms with Gasteiger partial charge in [-0.1, -0.05) is 13.3 Å². The zero-order chi connectivity index (χ0) is 12.4. The van der Waals surface area contributed by atoms with E-state index in [4.69, 9.17) is 0 Å². The number of piperidine rings is 1. The van der Waals surface area contributed by atoms with Crippen LogP contribution < -0.4 is 10.6 Å². The van der Waals surface area contributed by atoms with Crippen molar-refractivity contribution in [2.24, 2.45) is 5.41 Å². The van der Waals surface area contributed by atoms with E-state index in [0.29, 0.717) is 0 Å². The molecule has 2 aliphatic rings. The van der Waals surface area contributed by atoms with Crippen molar-refractivity contribution >= 4 is 5.91 Å². The highest BCUT2D eigenvalue weighted by Crippen LogP contribution is 2.38. The van der Waals surface area contributed by atoms with Crippen LogP contribution in [0.5, 0.6) is 0 Å². The lowest BCUT2D eigenvalue weighted by atomic mass is 9.76. The minimum absolute atomic E-state index is 0.0778. The molecule has 1 aliphatic carbocycles. The summed E-state index contributed by atoms with van der Waals surface area (Å²) in [5, 5.41) is 15.7. The molecule has 0 aromatic carbocycles. The van der Waals surface area contributed by atoms with Gasteiger partial charge in [0.15, 0.2) is 0 Å². The second-order valence-electron chi connectivity index (χ2n) is 5.70. The van der Waals surface area contributed by atoms with Crippen LogP contribution in [0.25, 0.3) is 0 Å². The lowest BCUT2D eigenvalue weighted by molar-refractivity contribution is -0.134. The molecule has 1 amide bonds. The Kier molecular flexibility index (Phi) is 3.73. The third-order valence-corrected chi connectivity index (χ3v) is 4.22. The average Bonchev–Trinajstić information content (AvgIpc) is 3.11. The maximum absolute atomic E-state index is 12.5. The second kappa shape index (κ2) is 4.94. The smallest absolute Gasteiger partial charge is 0.228 e. The van der Waals surface area contributed by atoms with Crippen molar-refractivity contribution in [2.45, 2.75) is 51.0 Å². The van der Waals surface area contributed by atoms with Crippen LogP contribution in [0.3, 0.4) is 0 Å². The molecule has 1 heterocycles. The van der Waals surface area contributed by atoms with Crippen molar-refractivity contribution in [3.63, 3.8) is 0 Å². The number of rotatable bonds is 5. The molecule has 1 saturated carbocycles. The van der Waals surface area contributed by atoms with Crippen LogP contribution in [-0.4, -0.2) is 36.2 Å². The quantitative estimate of drug-likeness (QED) is 0.666. The number of aliphatic hydroxyl groups is 1. The Bertz CT molecular complexity index is 276. The zero-order valence-corrected chi connectivity index (χ0v) is 10.7. The van der Waals surface area contributed by atoms with Gasteiger partial charge in [0.1, 0.15) is 0 Å². The minimum Gasteiger partial charge on any atom is -0.394 e. The van der Waals surface area contributed by atoms with E-state index in [-0.39, 0.29) is 23.5 Å². The third-order valence-electron chi connectivity index (χ3n) is 4.22. The topological polar surface area (TPSA) is 61.4 Å². The van der Waals surface area contributed by atoms with Crippen LogP contribution in [0.4, 0.5) is 0 Å². The van der Waals surface area contributed by atoms with Gasteiger partial charge in [-0.25, -0.2) is 0 Å². The standard InChI is InChI=1S/C13H24N2O2/c1-2-4-12(5-3-8-14-9-12)11(17)15-13(10-16)6-7-13/h14,16H,2-10H2,1H3,(H,15,17). The van der Waals surface area contributed by atoms with Gasteiger partial charge in [0.2, 0.25) is 5.91 Å². The molecule has 1 aliphatic heterocycles. The van der Waals surface area contributed by atoms with Gasteiger partial charge in [-0.3, -0.25) is 4.79 Å². The van der Waals surface area contributed by atoms with Gasteiger partial charge in [-0.2, -0.15) is 0 Å². The van der Waals surface area contributed by atoms with E-state index in [0.717, 1.165) is 51.6 Å². The number of carbonyl (C=O) groups excluding carboxylic acids is 1. The van der Waals surface area contributed by atoms with Crippen LogP contribution >= 0.6 is 0 Å². The maximum atomic E-state index is 12.5. The molecule has 2 rings (SSSR count). The highest BCUT2D eigenvalue weighted by Gasteiger charge is 2.48. The fourth-order valence-corrected chi connectivity index (χ4v) is 2.81. The molecular weight excluding hydrogens is 216 g/mol. The number of aliphatic hydroxyl groups excluding tert-OH is 1. The number of carbonyl (C=O) groups is 1. The maximum Gasteiger partial charge on any atom is 0.228 e. The summed E-state index contributed by atoms with van der Waals surface area (Å²) in [4.78, 5) is 12.5. The van der Waals surface area contributed by atoms with Crippen molar-refractivity contribution in [1.29, 1.82) is 0 Å². The Balaban J connectivity index is 2.02. The van der Waals surface area contributed by atoms with Gasteiger partial charge in [-0.05, 0) is 38.6 Å². The normalized spacial score (nSPS) is 30.9. The first kappa shape index (κ1) is 12.8. The Morgan fingerprint density at radius 3 is 2.65 bits per heavy atom. The molecule has 3 N–H and O–H groups in total. The summed E-state index contributed by atoms with van der Waals surface area (Å²) >= 11 is 0. The molecule has 0 aromatic heterocycles. The Hall–Kier alpha value is -0.610. The molecule has 17 heavy (non-hydrogen) atoms. The summed E-state index contributed by atoms with van der Waals surface area (Å²) in [6.45, 7) is 4.01. The summed E-state index contributed by atoms with van der Waals surface area (Å²) in [7, 11) is 0. The van der Waals surface area contributed by atoms with E-state index in [1.165, 1.54) is 0 Å². The molecule has 1 unspecified atom stereocenters. The van der Waals surface area contributed by atoms with E-state index in [9.17, 15) is 9.90 Å². The molecule has 4 nitrogen and oxygen atoms in total. The van der Waals surface area contributed by atoms with Gasteiger partial charge in [0, 0.05) is 6.54 Å². The van der Waals surface area contributed by atoms with Gasteiger partial charge in [0.25, 0.3) is 0 Å². The first-order valence-corrected chi connectivity index (χ1v) is 6.81. The largest absolute Gasteiger partial charge is 0.394 e. The second-order valence-corrected chi connectivity index (χ2v) is 5.70. The molecule has 0 spiro atoms. The van der Waals surface area contributed by atoms with E-state index in [1.807, 2.05) is 0 Å². The first-order valence-electron chi connectivity index (χ1n) is 6.81. The van der Waals surface area contributed by atoms with Gasteiger partial charge in [-0.15, -0.1) is 0 Å². The van der Waals surface area contributed by atoms with E-state index in [1.54, 1.807) is 0 Å². The number of nitrogens with one attached hydrogen (secondary N) is 2. The number of amides is 1. The molecule has 2 fully saturated rings. The predicted octanol–water partition coefficient (Wildman–Crippen LogP) is 0.797. The average molecular weight is 240 g/mol. The van der Waals surface area contributed by atoms with Crippen molar-refractivity contribution in [3.05, 3.63) is 0 Å². The minimum atomic E-state index is -0.282. The summed E-state index contributed by atoms with van der Waals surface area (Å²) in [5.74, 6) is 0.151. The van der Waals surface area contributed by atoms with E-state index >= 15 is 0 Å². The summed E-state index contributed by atoms with van der Waals surface area (Å²) in [6, 6.07) is 0. The van der Waals surface area contributed by atoms with Crippen LogP contribution in [0.1, 0.15) is 45.4 Å². The molecule has 0 radical (unpaired) electrons. The monoisotopic (exact) mass is 240 g/mol. The van der Waals surface area contributed by atoms with E-state index < -0.39 is 0 Å². The van der Waals surface area contributed by atoms with Gasteiger partial charge in [0.05, 0.1) is 17.6 Å². The highest BCUT2D eigenvalue weighted by molar-refractivity contribution is 5.84. The van der Waals surface area contributed by atoms with Crippen LogP contribution in [0, 0.1) is 5.41 Å². The van der Waals surface area contributed by atoms with Crippen LogP contribution in [0.15, 0.2) is 0 Å². The summed E-state index contributed by atoms with van der Waals surface area (Å²) in [5.41, 5.74) is -0.521. The lowest BCUT2D eigenvalue weighted by Crippen LogP contribution is -2.54. The Morgan fingerprint density at radius 1 is 1.41 bits per heavy atom. The van der Waals surface area contributed by atoms with E-state index in [2.05, 4.69) is 17.6 Å². The zero-order valence-electron chi connectivity index (χ0n) is 10.7. The molecular formula is C13H24N2O2. The highest BCUT2D eigenvalue weighted by atomic mass is 16.3. The predicted molar refractivity (Wildman–Crippen MR) is 66.6 cm³/mol. The van der Waals surface area contributed by atoms with Gasteiger partial charge >= 0.3 is 0 Å². The third kappa shape index (κ3) is 2.63. The summed E-state index contributed by atoms with van der Waals surface area (Å²) < 4.78 is 0. The van der Waals surface area contributed by atoms with Crippen molar-refractivity contribution in [2.75, 3.05) is 19.7 Å². The molecule has 4 heteroatoms. The molecule has 0 aromatic rings. The fraction of sp³-hybridized carbons (Fsp3) is 0.923. The molecule has 1 saturated heterocycles. The first-order chi connectivity index (χ1) is 8.16. The number of hydrogen-bond donors (Lipinski definition) is 3. The lowest BCUT2D eigenvalue weighted by Gasteiger charge is -2.37. The van der Waals surface area contributed by atoms with Crippen molar-refractivity contribution in [3.8, 4) is 0 Å². The van der Waals surface area contributed by atoms with Crippen LogP contribution in [0.2, 0.25) is 0 Å². The Morgan fingerprint density at radius 2 is 2.18 bits per heavy atom. The fourth-order valence-electron chi connectivity index (χ4n) is 2.81. The van der Waals surface area contributed by atoms with Crippen molar-refractivity contribution < 1.29 is 9.90 Å². The molecule has 1 atom stereocenters. The SMILES string of the molecule is CCCC1(C(=O)NC2(CO)CC2)CCCNC1. The molecule has 98 valence electrons.